The molecule has 1 aromatic heterocycles. The molecule has 4 rings (SSSR count). The van der Waals surface area contributed by atoms with Gasteiger partial charge in [0.05, 0.1) is 4.90 Å². The number of piperidine rings is 1. The van der Waals surface area contributed by atoms with E-state index in [9.17, 15) is 13.2 Å². The molecule has 2 saturated heterocycles. The quantitative estimate of drug-likeness (QED) is 0.815. The molecule has 8 nitrogen and oxygen atoms in total. The van der Waals surface area contributed by atoms with Crippen LogP contribution in [0, 0.1) is 0 Å². The van der Waals surface area contributed by atoms with Gasteiger partial charge in [0.2, 0.25) is 10.0 Å². The minimum Gasteiger partial charge on any atom is -0.335 e. The Labute approximate surface area is 171 Å². The van der Waals surface area contributed by atoms with Crippen LogP contribution >= 0.6 is 0 Å². The number of piperazine rings is 1. The van der Waals surface area contributed by atoms with Crippen LogP contribution in [-0.4, -0.2) is 85.9 Å². The molecule has 1 N–H and O–H groups in total. The van der Waals surface area contributed by atoms with Crippen molar-refractivity contribution < 1.29 is 13.2 Å². The Bertz CT molecular complexity index is 975. The van der Waals surface area contributed by atoms with Crippen molar-refractivity contribution >= 4 is 26.8 Å². The Morgan fingerprint density at radius 3 is 2.52 bits per heavy atom. The average molecular weight is 418 g/mol. The Balaban J connectivity index is 1.40. The molecule has 29 heavy (non-hydrogen) atoms. The Morgan fingerprint density at radius 1 is 1.07 bits per heavy atom. The fourth-order valence-electron chi connectivity index (χ4n) is 4.01. The summed E-state index contributed by atoms with van der Waals surface area (Å²) in [6.45, 7) is 3.35. The molecule has 2 aromatic rings. The van der Waals surface area contributed by atoms with Crippen molar-refractivity contribution in [2.24, 2.45) is 0 Å². The number of carbonyl (C=O) groups excluding carboxylic acids is 1. The number of nitrogens with zero attached hydrogens (tertiary/aromatic N) is 4. The molecule has 9 heteroatoms. The minimum atomic E-state index is -3.63. The number of hydrogen-bond acceptors (Lipinski definition) is 5. The smallest absolute Gasteiger partial charge is 0.317 e. The van der Waals surface area contributed by atoms with E-state index in [0.717, 1.165) is 31.3 Å². The zero-order chi connectivity index (χ0) is 20.4. The number of aromatic nitrogens is 1. The van der Waals surface area contributed by atoms with E-state index in [1.807, 2.05) is 6.07 Å². The summed E-state index contributed by atoms with van der Waals surface area (Å²) in [6.07, 6.45) is 5.17. The summed E-state index contributed by atoms with van der Waals surface area (Å²) >= 11 is 0. The maximum Gasteiger partial charge on any atom is 0.317 e. The van der Waals surface area contributed by atoms with Gasteiger partial charge in [-0.05, 0) is 45.1 Å². The van der Waals surface area contributed by atoms with Gasteiger partial charge in [-0.15, -0.1) is 0 Å². The molecule has 2 aliphatic rings. The van der Waals surface area contributed by atoms with Gasteiger partial charge in [-0.25, -0.2) is 13.2 Å². The van der Waals surface area contributed by atoms with Gasteiger partial charge in [-0.2, -0.15) is 4.31 Å². The summed E-state index contributed by atoms with van der Waals surface area (Å²) in [6, 6.07) is 7.07. The first-order valence-corrected chi connectivity index (χ1v) is 11.5. The number of rotatable bonds is 3. The highest BCUT2D eigenvalue weighted by Crippen LogP contribution is 2.26. The first kappa shape index (κ1) is 20.1. The van der Waals surface area contributed by atoms with Crippen LogP contribution in [0.25, 0.3) is 10.8 Å². The van der Waals surface area contributed by atoms with Crippen LogP contribution in [0.5, 0.6) is 0 Å². The van der Waals surface area contributed by atoms with Gasteiger partial charge in [0.15, 0.2) is 0 Å². The molecule has 0 aliphatic carbocycles. The van der Waals surface area contributed by atoms with Gasteiger partial charge in [-0.1, -0.05) is 12.1 Å². The number of benzene rings is 1. The lowest BCUT2D eigenvalue weighted by Gasteiger charge is -2.36. The molecule has 1 aromatic carbocycles. The molecule has 0 unspecified atom stereocenters. The molecule has 2 fully saturated rings. The first-order valence-electron chi connectivity index (χ1n) is 10.0. The number of hydrogen-bond donors (Lipinski definition) is 1. The summed E-state index contributed by atoms with van der Waals surface area (Å²) in [5.74, 6) is 0. The van der Waals surface area contributed by atoms with Gasteiger partial charge >= 0.3 is 6.03 Å². The maximum atomic E-state index is 13.2. The lowest BCUT2D eigenvalue weighted by Crippen LogP contribution is -2.55. The van der Waals surface area contributed by atoms with Crippen LogP contribution in [0.2, 0.25) is 0 Å². The van der Waals surface area contributed by atoms with E-state index in [1.165, 1.54) is 4.31 Å². The van der Waals surface area contributed by atoms with Crippen LogP contribution in [0.4, 0.5) is 4.79 Å². The number of likely N-dealkylation sites (tertiary alicyclic amines) is 1. The molecular formula is C20H27N5O3S. The van der Waals surface area contributed by atoms with E-state index in [0.29, 0.717) is 36.5 Å². The summed E-state index contributed by atoms with van der Waals surface area (Å²) in [7, 11) is -1.54. The van der Waals surface area contributed by atoms with Gasteiger partial charge in [0.25, 0.3) is 0 Å². The fourth-order valence-corrected chi connectivity index (χ4v) is 5.64. The zero-order valence-electron chi connectivity index (χ0n) is 16.6. The Morgan fingerprint density at radius 2 is 1.79 bits per heavy atom. The molecule has 0 atom stereocenters. The van der Waals surface area contributed by atoms with Crippen LogP contribution in [0.15, 0.2) is 41.6 Å². The maximum absolute atomic E-state index is 13.2. The lowest BCUT2D eigenvalue weighted by atomic mass is 10.1. The first-order chi connectivity index (χ1) is 13.9. The fraction of sp³-hybridized carbons (Fsp3) is 0.500. The summed E-state index contributed by atoms with van der Waals surface area (Å²) < 4.78 is 27.9. The molecule has 0 radical (unpaired) electrons. The van der Waals surface area contributed by atoms with Crippen molar-refractivity contribution in [3.63, 3.8) is 0 Å². The van der Waals surface area contributed by atoms with Crippen molar-refractivity contribution in [1.82, 2.24) is 24.4 Å². The molecule has 0 saturated carbocycles. The van der Waals surface area contributed by atoms with Gasteiger partial charge in [0.1, 0.15) is 0 Å². The predicted molar refractivity (Wildman–Crippen MR) is 111 cm³/mol. The minimum absolute atomic E-state index is 0.0900. The van der Waals surface area contributed by atoms with E-state index in [1.54, 1.807) is 35.5 Å². The molecule has 0 bridgehead atoms. The van der Waals surface area contributed by atoms with E-state index in [-0.39, 0.29) is 12.1 Å². The average Bonchev–Trinajstić information content (AvgIpc) is 2.75. The number of pyridine rings is 1. The number of nitrogens with one attached hydrogen (secondary N) is 1. The second kappa shape index (κ2) is 8.25. The monoisotopic (exact) mass is 417 g/mol. The number of urea groups is 1. The zero-order valence-corrected chi connectivity index (χ0v) is 17.4. The van der Waals surface area contributed by atoms with E-state index < -0.39 is 10.0 Å². The SMILES string of the molecule is CN1CCC(NC(=O)N2CCN(S(=O)(=O)c3cccc4cnccc34)CC2)CC1. The van der Waals surface area contributed by atoms with Crippen molar-refractivity contribution in [2.45, 2.75) is 23.8 Å². The van der Waals surface area contributed by atoms with Crippen LogP contribution < -0.4 is 5.32 Å². The second-order valence-electron chi connectivity index (χ2n) is 7.77. The highest BCUT2D eigenvalue weighted by Gasteiger charge is 2.31. The number of fused-ring (bicyclic) bond motifs is 1. The standard InChI is InChI=1S/C20H27N5O3S/c1-23-9-6-17(7-10-23)22-20(26)24-11-13-25(14-12-24)29(27,28)19-4-2-3-16-15-21-8-5-18(16)19/h2-5,8,15,17H,6-7,9-14H2,1H3,(H,22,26). The Kier molecular flexibility index (Phi) is 5.71. The van der Waals surface area contributed by atoms with Crippen LogP contribution in [0.3, 0.4) is 0 Å². The van der Waals surface area contributed by atoms with Gasteiger partial charge in [0, 0.05) is 55.4 Å². The molecular weight excluding hydrogens is 390 g/mol. The van der Waals surface area contributed by atoms with E-state index >= 15 is 0 Å². The molecule has 0 spiro atoms. The van der Waals surface area contributed by atoms with Crippen molar-refractivity contribution in [3.05, 3.63) is 36.7 Å². The number of sulfonamides is 1. The topological polar surface area (TPSA) is 85.9 Å². The van der Waals surface area contributed by atoms with Gasteiger partial charge in [-0.3, -0.25) is 4.98 Å². The largest absolute Gasteiger partial charge is 0.335 e. The van der Waals surface area contributed by atoms with Crippen LogP contribution in [0.1, 0.15) is 12.8 Å². The van der Waals surface area contributed by atoms with E-state index in [4.69, 9.17) is 0 Å². The highest BCUT2D eigenvalue weighted by molar-refractivity contribution is 7.89. The molecule has 2 amide bonds. The summed E-state index contributed by atoms with van der Waals surface area (Å²) in [5, 5.41) is 4.57. The molecule has 156 valence electrons. The third kappa shape index (κ3) is 4.22. The van der Waals surface area contributed by atoms with E-state index in [2.05, 4.69) is 22.2 Å². The lowest BCUT2D eigenvalue weighted by molar-refractivity contribution is 0.161. The third-order valence-corrected chi connectivity index (χ3v) is 7.79. The molecule has 3 heterocycles. The predicted octanol–water partition coefficient (Wildman–Crippen LogP) is 1.34. The molecule has 2 aliphatic heterocycles. The number of amides is 2. The normalized spacial score (nSPS) is 20.1. The highest BCUT2D eigenvalue weighted by atomic mass is 32.2. The number of carbonyl (C=O) groups is 1. The second-order valence-corrected chi connectivity index (χ2v) is 9.68. The Hall–Kier alpha value is -2.23. The summed E-state index contributed by atoms with van der Waals surface area (Å²) in [4.78, 5) is 20.9. The van der Waals surface area contributed by atoms with Crippen LogP contribution in [-0.2, 0) is 10.0 Å². The van der Waals surface area contributed by atoms with Crippen molar-refractivity contribution in [3.8, 4) is 0 Å². The summed E-state index contributed by atoms with van der Waals surface area (Å²) in [5.41, 5.74) is 0. The third-order valence-electron chi connectivity index (χ3n) is 5.83. The van der Waals surface area contributed by atoms with Crippen molar-refractivity contribution in [2.75, 3.05) is 46.3 Å². The van der Waals surface area contributed by atoms with Crippen molar-refractivity contribution in [1.29, 1.82) is 0 Å². The van der Waals surface area contributed by atoms with Gasteiger partial charge < -0.3 is 15.1 Å².